The Bertz CT molecular complexity index is 834. The molecule has 3 aromatic rings. The summed E-state index contributed by atoms with van der Waals surface area (Å²) < 4.78 is 0. The van der Waals surface area contributed by atoms with Gasteiger partial charge in [0.15, 0.2) is 0 Å². The number of nitrogens with one attached hydrogen (secondary N) is 2. The smallest absolute Gasteiger partial charge is 0.265 e. The molecule has 0 radical (unpaired) electrons. The van der Waals surface area contributed by atoms with Gasteiger partial charge in [0.2, 0.25) is 0 Å². The molecule has 6 heteroatoms. The van der Waals surface area contributed by atoms with Crippen molar-refractivity contribution in [2.24, 2.45) is 0 Å². The number of amides is 1. The summed E-state index contributed by atoms with van der Waals surface area (Å²) in [5, 5.41) is 4.84. The number of fused-ring (bicyclic) bond motifs is 1. The van der Waals surface area contributed by atoms with E-state index in [4.69, 9.17) is 0 Å². The van der Waals surface area contributed by atoms with E-state index in [-0.39, 0.29) is 5.91 Å². The molecule has 124 valence electrons. The summed E-state index contributed by atoms with van der Waals surface area (Å²) in [5.41, 5.74) is 2.69. The number of hydrogen-bond donors (Lipinski definition) is 2. The standard InChI is InChI=1S/C18H20N4OS/c23-18(16-5-4-10-24-16)19-13-6-7-14-15(11-13)21-17(20-14)12-22-8-2-1-3-9-22/h4-7,10-11H,1-3,8-9,12H2,(H,19,23)(H,20,21). The minimum Gasteiger partial charge on any atom is -0.341 e. The Morgan fingerprint density at radius 3 is 2.92 bits per heavy atom. The molecule has 0 atom stereocenters. The maximum absolute atomic E-state index is 12.1. The molecular formula is C18H20N4OS. The first-order valence-electron chi connectivity index (χ1n) is 8.34. The fourth-order valence-corrected chi connectivity index (χ4v) is 3.76. The van der Waals surface area contributed by atoms with Crippen LogP contribution in [0.2, 0.25) is 0 Å². The number of hydrogen-bond acceptors (Lipinski definition) is 4. The summed E-state index contributed by atoms with van der Waals surface area (Å²) in [6.07, 6.45) is 3.89. The maximum Gasteiger partial charge on any atom is 0.265 e. The molecule has 1 aromatic carbocycles. The number of benzene rings is 1. The monoisotopic (exact) mass is 340 g/mol. The number of rotatable bonds is 4. The number of likely N-dealkylation sites (tertiary alicyclic amines) is 1. The third-order valence-electron chi connectivity index (χ3n) is 4.36. The van der Waals surface area contributed by atoms with Crippen LogP contribution in [0.15, 0.2) is 35.7 Å². The lowest BCUT2D eigenvalue weighted by molar-refractivity contribution is 0.103. The van der Waals surface area contributed by atoms with Crippen molar-refractivity contribution in [2.75, 3.05) is 18.4 Å². The Kier molecular flexibility index (Phi) is 4.32. The first-order chi connectivity index (χ1) is 11.8. The second kappa shape index (κ2) is 6.75. The minimum atomic E-state index is -0.0718. The van der Waals surface area contributed by atoms with Crippen LogP contribution in [-0.4, -0.2) is 33.9 Å². The van der Waals surface area contributed by atoms with Crippen molar-refractivity contribution in [2.45, 2.75) is 25.8 Å². The van der Waals surface area contributed by atoms with Crippen molar-refractivity contribution in [3.05, 3.63) is 46.4 Å². The molecule has 0 bridgehead atoms. The summed E-state index contributed by atoms with van der Waals surface area (Å²) in [6.45, 7) is 3.17. The van der Waals surface area contributed by atoms with Crippen LogP contribution in [0.3, 0.4) is 0 Å². The van der Waals surface area contributed by atoms with Gasteiger partial charge in [-0.1, -0.05) is 12.5 Å². The number of carbonyl (C=O) groups excluding carboxylic acids is 1. The van der Waals surface area contributed by atoms with Crippen LogP contribution >= 0.6 is 11.3 Å². The van der Waals surface area contributed by atoms with Crippen LogP contribution in [0.4, 0.5) is 5.69 Å². The van der Waals surface area contributed by atoms with Gasteiger partial charge in [-0.25, -0.2) is 4.98 Å². The van der Waals surface area contributed by atoms with Gasteiger partial charge in [-0.2, -0.15) is 0 Å². The summed E-state index contributed by atoms with van der Waals surface area (Å²) in [4.78, 5) is 23.4. The van der Waals surface area contributed by atoms with Gasteiger partial charge in [0.25, 0.3) is 5.91 Å². The molecule has 0 saturated carbocycles. The van der Waals surface area contributed by atoms with Crippen molar-refractivity contribution in [1.29, 1.82) is 0 Å². The molecule has 2 N–H and O–H groups in total. The third-order valence-corrected chi connectivity index (χ3v) is 5.22. The average molecular weight is 340 g/mol. The number of carbonyl (C=O) groups is 1. The Morgan fingerprint density at radius 2 is 2.12 bits per heavy atom. The first kappa shape index (κ1) is 15.4. The molecule has 0 aliphatic carbocycles. The zero-order chi connectivity index (χ0) is 16.4. The van der Waals surface area contributed by atoms with Gasteiger partial charge in [-0.05, 0) is 55.6 Å². The van der Waals surface area contributed by atoms with Gasteiger partial charge in [0.1, 0.15) is 5.82 Å². The molecule has 4 rings (SSSR count). The average Bonchev–Trinajstić information content (AvgIpc) is 3.24. The van der Waals surface area contributed by atoms with E-state index in [9.17, 15) is 4.79 Å². The molecule has 3 heterocycles. The highest BCUT2D eigenvalue weighted by Gasteiger charge is 2.13. The maximum atomic E-state index is 12.1. The summed E-state index contributed by atoms with van der Waals surface area (Å²) in [6, 6.07) is 9.51. The number of anilines is 1. The molecule has 0 unspecified atom stereocenters. The predicted octanol–water partition coefficient (Wildman–Crippen LogP) is 3.86. The molecule has 1 aliphatic heterocycles. The quantitative estimate of drug-likeness (QED) is 0.758. The Hall–Kier alpha value is -2.18. The number of thiophene rings is 1. The zero-order valence-corrected chi connectivity index (χ0v) is 14.2. The fourth-order valence-electron chi connectivity index (χ4n) is 3.14. The zero-order valence-electron chi connectivity index (χ0n) is 13.4. The number of nitrogens with zero attached hydrogens (tertiary/aromatic N) is 2. The van der Waals surface area contributed by atoms with Crippen molar-refractivity contribution in [1.82, 2.24) is 14.9 Å². The number of H-pyrrole nitrogens is 1. The lowest BCUT2D eigenvalue weighted by atomic mass is 10.1. The highest BCUT2D eigenvalue weighted by molar-refractivity contribution is 7.12. The topological polar surface area (TPSA) is 61.0 Å². The van der Waals surface area contributed by atoms with Gasteiger partial charge in [-0.3, -0.25) is 9.69 Å². The van der Waals surface area contributed by atoms with E-state index in [1.165, 1.54) is 30.6 Å². The third kappa shape index (κ3) is 3.34. The van der Waals surface area contributed by atoms with E-state index >= 15 is 0 Å². The lowest BCUT2D eigenvalue weighted by Gasteiger charge is -2.25. The number of piperidine rings is 1. The highest BCUT2D eigenvalue weighted by atomic mass is 32.1. The van der Waals surface area contributed by atoms with Gasteiger partial charge in [0.05, 0.1) is 22.5 Å². The molecule has 2 aromatic heterocycles. The van der Waals surface area contributed by atoms with E-state index in [1.54, 1.807) is 0 Å². The van der Waals surface area contributed by atoms with Crippen LogP contribution in [0.25, 0.3) is 11.0 Å². The lowest BCUT2D eigenvalue weighted by Crippen LogP contribution is -2.29. The molecule has 1 amide bonds. The van der Waals surface area contributed by atoms with Crippen molar-refractivity contribution >= 4 is 34.0 Å². The van der Waals surface area contributed by atoms with Crippen LogP contribution in [0, 0.1) is 0 Å². The normalized spacial score (nSPS) is 15.7. The Balaban J connectivity index is 1.49. The fraction of sp³-hybridized carbons (Fsp3) is 0.333. The molecular weight excluding hydrogens is 320 g/mol. The largest absolute Gasteiger partial charge is 0.341 e. The molecule has 24 heavy (non-hydrogen) atoms. The van der Waals surface area contributed by atoms with E-state index in [1.807, 2.05) is 35.7 Å². The summed E-state index contributed by atoms with van der Waals surface area (Å²) in [7, 11) is 0. The SMILES string of the molecule is O=C(Nc1ccc2nc(CN3CCCCC3)[nH]c2c1)c1cccs1. The Labute approximate surface area is 144 Å². The van der Waals surface area contributed by atoms with E-state index in [2.05, 4.69) is 20.2 Å². The number of imidazole rings is 1. The van der Waals surface area contributed by atoms with Crippen molar-refractivity contribution in [3.63, 3.8) is 0 Å². The summed E-state index contributed by atoms with van der Waals surface area (Å²) >= 11 is 1.44. The van der Waals surface area contributed by atoms with Gasteiger partial charge >= 0.3 is 0 Å². The van der Waals surface area contributed by atoms with Gasteiger partial charge in [0, 0.05) is 5.69 Å². The molecule has 0 spiro atoms. The Morgan fingerprint density at radius 1 is 1.25 bits per heavy atom. The van der Waals surface area contributed by atoms with Gasteiger partial charge < -0.3 is 10.3 Å². The molecule has 1 fully saturated rings. The number of aromatic nitrogens is 2. The van der Waals surface area contributed by atoms with Crippen LogP contribution in [-0.2, 0) is 6.54 Å². The minimum absolute atomic E-state index is 0.0718. The molecule has 1 saturated heterocycles. The van der Waals surface area contributed by atoms with Crippen LogP contribution < -0.4 is 5.32 Å². The van der Waals surface area contributed by atoms with Crippen molar-refractivity contribution < 1.29 is 4.79 Å². The van der Waals surface area contributed by atoms with E-state index in [0.717, 1.165) is 42.2 Å². The van der Waals surface area contributed by atoms with Crippen LogP contribution in [0.1, 0.15) is 34.8 Å². The summed E-state index contributed by atoms with van der Waals surface area (Å²) in [5.74, 6) is 0.922. The van der Waals surface area contributed by atoms with E-state index in [0.29, 0.717) is 4.88 Å². The van der Waals surface area contributed by atoms with Crippen LogP contribution in [0.5, 0.6) is 0 Å². The molecule has 1 aliphatic rings. The second-order valence-corrected chi connectivity index (χ2v) is 7.13. The first-order valence-corrected chi connectivity index (χ1v) is 9.22. The van der Waals surface area contributed by atoms with Gasteiger partial charge in [-0.15, -0.1) is 11.3 Å². The number of aromatic amines is 1. The highest BCUT2D eigenvalue weighted by Crippen LogP contribution is 2.20. The van der Waals surface area contributed by atoms with Crippen molar-refractivity contribution in [3.8, 4) is 0 Å². The predicted molar refractivity (Wildman–Crippen MR) is 97.5 cm³/mol. The van der Waals surface area contributed by atoms with E-state index < -0.39 is 0 Å². The molecule has 5 nitrogen and oxygen atoms in total. The second-order valence-electron chi connectivity index (χ2n) is 6.18.